The minimum atomic E-state index is -3.00. The Morgan fingerprint density at radius 3 is 2.54 bits per heavy atom. The van der Waals surface area contributed by atoms with Crippen molar-refractivity contribution in [3.05, 3.63) is 42.1 Å². The summed E-state index contributed by atoms with van der Waals surface area (Å²) in [7, 11) is -3.00. The summed E-state index contributed by atoms with van der Waals surface area (Å²) in [6.45, 7) is 3.48. The van der Waals surface area contributed by atoms with E-state index in [1.165, 1.54) is 0 Å². The van der Waals surface area contributed by atoms with Crippen LogP contribution in [0.4, 0.5) is 0 Å². The molecule has 1 aromatic carbocycles. The minimum Gasteiger partial charge on any atom is -0.299 e. The van der Waals surface area contributed by atoms with Crippen LogP contribution in [0.15, 0.2) is 36.5 Å². The summed E-state index contributed by atoms with van der Waals surface area (Å²) in [5, 5.41) is 0.724. The van der Waals surface area contributed by atoms with Gasteiger partial charge in [0.25, 0.3) is 0 Å². The maximum absolute atomic E-state index is 12.8. The third kappa shape index (κ3) is 4.32. The third-order valence-corrected chi connectivity index (χ3v) is 7.96. The molecule has 0 aliphatic heterocycles. The molecule has 1 aliphatic carbocycles. The molecule has 0 N–H and O–H groups in total. The molecule has 1 aromatic heterocycles. The van der Waals surface area contributed by atoms with Gasteiger partial charge in [0.15, 0.2) is 9.84 Å². The Kier molecular flexibility index (Phi) is 5.76. The fourth-order valence-corrected chi connectivity index (χ4v) is 5.20. The highest BCUT2D eigenvalue weighted by molar-refractivity contribution is 7.91. The first-order valence-corrected chi connectivity index (χ1v) is 11.2. The molecule has 1 aliphatic rings. The largest absolute Gasteiger partial charge is 0.299 e. The molecule has 5 heteroatoms. The van der Waals surface area contributed by atoms with Gasteiger partial charge in [-0.3, -0.25) is 9.78 Å². The number of hydrogen-bond donors (Lipinski definition) is 0. The van der Waals surface area contributed by atoms with Crippen LogP contribution in [0, 0.1) is 11.8 Å². The lowest BCUT2D eigenvalue weighted by Crippen LogP contribution is -2.29. The van der Waals surface area contributed by atoms with Crippen molar-refractivity contribution in [2.24, 2.45) is 11.8 Å². The average molecular weight is 374 g/mol. The molecule has 26 heavy (non-hydrogen) atoms. The van der Waals surface area contributed by atoms with Crippen molar-refractivity contribution in [2.45, 2.75) is 51.2 Å². The molecule has 140 valence electrons. The molecule has 4 nitrogen and oxygen atoms in total. The highest BCUT2D eigenvalue weighted by Crippen LogP contribution is 2.32. The Morgan fingerprint density at radius 2 is 1.85 bits per heavy atom. The van der Waals surface area contributed by atoms with Crippen molar-refractivity contribution in [1.82, 2.24) is 4.98 Å². The second-order valence-electron chi connectivity index (χ2n) is 7.73. The van der Waals surface area contributed by atoms with E-state index in [0.717, 1.165) is 42.1 Å². The maximum atomic E-state index is 12.8. The Bertz CT molecular complexity index is 876. The van der Waals surface area contributed by atoms with Crippen LogP contribution in [0.1, 0.15) is 45.1 Å². The Hall–Kier alpha value is -1.75. The number of pyridine rings is 1. The topological polar surface area (TPSA) is 64.1 Å². The van der Waals surface area contributed by atoms with E-state index < -0.39 is 9.84 Å². The third-order valence-electron chi connectivity index (χ3n) is 5.59. The number of Topliss-reactive ketones (excluding diaryl/α,β-unsaturated/α-hetero) is 1. The monoisotopic (exact) mass is 373 g/mol. The molecular weight excluding hydrogens is 346 g/mol. The summed E-state index contributed by atoms with van der Waals surface area (Å²) in [6, 6.07) is 9.83. The molecule has 2 aromatic rings. The number of hydrogen-bond acceptors (Lipinski definition) is 4. The maximum Gasteiger partial charge on any atom is 0.152 e. The number of benzene rings is 1. The smallest absolute Gasteiger partial charge is 0.152 e. The number of ketones is 1. The molecule has 0 radical (unpaired) electrons. The lowest BCUT2D eigenvalue weighted by molar-refractivity contribution is -0.123. The van der Waals surface area contributed by atoms with Crippen LogP contribution in [0.3, 0.4) is 0 Å². The van der Waals surface area contributed by atoms with Crippen molar-refractivity contribution >= 4 is 26.5 Å². The van der Waals surface area contributed by atoms with Crippen LogP contribution in [-0.2, 0) is 21.1 Å². The quantitative estimate of drug-likeness (QED) is 0.768. The van der Waals surface area contributed by atoms with E-state index in [0.29, 0.717) is 6.42 Å². The van der Waals surface area contributed by atoms with E-state index in [4.69, 9.17) is 0 Å². The van der Waals surface area contributed by atoms with Gasteiger partial charge in [0.2, 0.25) is 0 Å². The second-order valence-corrected chi connectivity index (χ2v) is 10.3. The van der Waals surface area contributed by atoms with Gasteiger partial charge in [0, 0.05) is 23.9 Å². The molecule has 0 spiro atoms. The SMILES string of the molecule is CC(C)S(=O)(=O)CC1CCC(C(=O)Cc2cccc3ncccc23)CC1. The lowest BCUT2D eigenvalue weighted by Gasteiger charge is -2.28. The van der Waals surface area contributed by atoms with E-state index >= 15 is 0 Å². The van der Waals surface area contributed by atoms with Gasteiger partial charge in [-0.25, -0.2) is 8.42 Å². The summed E-state index contributed by atoms with van der Waals surface area (Å²) < 4.78 is 24.2. The Labute approximate surface area is 155 Å². The molecule has 1 fully saturated rings. The summed E-state index contributed by atoms with van der Waals surface area (Å²) in [4.78, 5) is 17.1. The van der Waals surface area contributed by atoms with Gasteiger partial charge >= 0.3 is 0 Å². The second kappa shape index (κ2) is 7.87. The van der Waals surface area contributed by atoms with Gasteiger partial charge < -0.3 is 0 Å². The van der Waals surface area contributed by atoms with Gasteiger partial charge in [-0.1, -0.05) is 18.2 Å². The van der Waals surface area contributed by atoms with E-state index in [1.54, 1.807) is 20.0 Å². The lowest BCUT2D eigenvalue weighted by atomic mass is 9.79. The molecule has 1 saturated carbocycles. The van der Waals surface area contributed by atoms with Gasteiger partial charge in [-0.2, -0.15) is 0 Å². The Morgan fingerprint density at radius 1 is 1.12 bits per heavy atom. The first-order chi connectivity index (χ1) is 12.4. The van der Waals surface area contributed by atoms with Gasteiger partial charge in [0.1, 0.15) is 5.78 Å². The normalized spacial score (nSPS) is 21.2. The number of carbonyl (C=O) groups excluding carboxylic acids is 1. The fraction of sp³-hybridized carbons (Fsp3) is 0.524. The number of nitrogens with zero attached hydrogens (tertiary/aromatic N) is 1. The van der Waals surface area contributed by atoms with Gasteiger partial charge in [-0.05, 0) is 63.1 Å². The van der Waals surface area contributed by atoms with Crippen molar-refractivity contribution in [2.75, 3.05) is 5.75 Å². The number of carbonyl (C=O) groups is 1. The molecule has 0 amide bonds. The van der Waals surface area contributed by atoms with Crippen molar-refractivity contribution in [1.29, 1.82) is 0 Å². The molecule has 1 heterocycles. The number of sulfone groups is 1. The van der Waals surface area contributed by atoms with Gasteiger partial charge in [0.05, 0.1) is 16.5 Å². The zero-order chi connectivity index (χ0) is 18.7. The molecular formula is C21H27NO3S. The predicted octanol–water partition coefficient (Wildman–Crippen LogP) is 3.98. The highest BCUT2D eigenvalue weighted by atomic mass is 32.2. The molecule has 0 unspecified atom stereocenters. The standard InChI is InChI=1S/C21H27NO3S/c1-15(2)26(24,25)14-16-8-10-17(11-9-16)21(23)13-18-5-3-7-20-19(18)6-4-12-22-20/h3-7,12,15-17H,8-11,13-14H2,1-2H3. The van der Waals surface area contributed by atoms with E-state index in [-0.39, 0.29) is 28.6 Å². The van der Waals surface area contributed by atoms with Crippen LogP contribution in [0.5, 0.6) is 0 Å². The first kappa shape index (κ1) is 19.0. The Balaban J connectivity index is 1.60. The summed E-state index contributed by atoms with van der Waals surface area (Å²) in [5.41, 5.74) is 1.95. The van der Waals surface area contributed by atoms with Crippen LogP contribution < -0.4 is 0 Å². The van der Waals surface area contributed by atoms with Crippen molar-refractivity contribution in [3.8, 4) is 0 Å². The molecule has 3 rings (SSSR count). The molecule has 0 atom stereocenters. The molecule has 0 saturated heterocycles. The average Bonchev–Trinajstić information content (AvgIpc) is 2.62. The van der Waals surface area contributed by atoms with Gasteiger partial charge in [-0.15, -0.1) is 0 Å². The zero-order valence-electron chi connectivity index (χ0n) is 15.5. The van der Waals surface area contributed by atoms with E-state index in [2.05, 4.69) is 4.98 Å². The number of rotatable bonds is 6. The summed E-state index contributed by atoms with van der Waals surface area (Å²) in [5.74, 6) is 0.792. The van der Waals surface area contributed by atoms with Crippen molar-refractivity contribution < 1.29 is 13.2 Å². The minimum absolute atomic E-state index is 0.0555. The fourth-order valence-electron chi connectivity index (χ4n) is 3.83. The van der Waals surface area contributed by atoms with Crippen LogP contribution >= 0.6 is 0 Å². The zero-order valence-corrected chi connectivity index (χ0v) is 16.3. The van der Waals surface area contributed by atoms with E-state index in [1.807, 2.05) is 30.3 Å². The number of fused-ring (bicyclic) bond motifs is 1. The van der Waals surface area contributed by atoms with Crippen LogP contribution in [0.25, 0.3) is 10.9 Å². The van der Waals surface area contributed by atoms with E-state index in [9.17, 15) is 13.2 Å². The van der Waals surface area contributed by atoms with Crippen molar-refractivity contribution in [3.63, 3.8) is 0 Å². The predicted molar refractivity (Wildman–Crippen MR) is 105 cm³/mol. The highest BCUT2D eigenvalue weighted by Gasteiger charge is 2.30. The molecule has 0 bridgehead atoms. The van der Waals surface area contributed by atoms with Crippen LogP contribution in [-0.4, -0.2) is 30.2 Å². The van der Waals surface area contributed by atoms with Crippen LogP contribution in [0.2, 0.25) is 0 Å². The number of aromatic nitrogens is 1. The first-order valence-electron chi connectivity index (χ1n) is 9.43. The summed E-state index contributed by atoms with van der Waals surface area (Å²) in [6.07, 6.45) is 5.47. The summed E-state index contributed by atoms with van der Waals surface area (Å²) >= 11 is 0.